The average Bonchev–Trinajstić information content (AvgIpc) is 2.51. The summed E-state index contributed by atoms with van der Waals surface area (Å²) in [6, 6.07) is 5.76. The maximum Gasteiger partial charge on any atom is 0.389 e. The Balaban J connectivity index is 2.64. The van der Waals surface area contributed by atoms with Crippen molar-refractivity contribution in [1.82, 2.24) is 5.32 Å². The SMILES string of the molecule is CC(CCCO)NC(=O)C(=O)Nc1ccccc1CCC(F)(F)F. The molecular weight excluding hydrogens is 325 g/mol. The van der Waals surface area contributed by atoms with Gasteiger partial charge in [0.15, 0.2) is 0 Å². The number of carbonyl (C=O) groups excluding carboxylic acids is 2. The number of aryl methyl sites for hydroxylation is 1. The fourth-order valence-corrected chi connectivity index (χ4v) is 2.07. The molecule has 1 aromatic carbocycles. The zero-order chi connectivity index (χ0) is 18.2. The molecule has 0 aliphatic heterocycles. The van der Waals surface area contributed by atoms with Gasteiger partial charge in [0.25, 0.3) is 0 Å². The summed E-state index contributed by atoms with van der Waals surface area (Å²) in [5.41, 5.74) is 0.495. The number of nitrogens with one attached hydrogen (secondary N) is 2. The number of hydrogen-bond donors (Lipinski definition) is 3. The number of halogens is 3. The number of alkyl halides is 3. The molecule has 0 radical (unpaired) electrons. The second-order valence-electron chi connectivity index (χ2n) is 5.47. The summed E-state index contributed by atoms with van der Waals surface area (Å²) >= 11 is 0. The highest BCUT2D eigenvalue weighted by Crippen LogP contribution is 2.25. The van der Waals surface area contributed by atoms with Crippen molar-refractivity contribution in [3.8, 4) is 0 Å². The van der Waals surface area contributed by atoms with Gasteiger partial charge in [0.2, 0.25) is 0 Å². The third-order valence-electron chi connectivity index (χ3n) is 3.32. The molecule has 0 aliphatic carbocycles. The Morgan fingerprint density at radius 2 is 1.88 bits per heavy atom. The van der Waals surface area contributed by atoms with Crippen LogP contribution >= 0.6 is 0 Å². The Morgan fingerprint density at radius 3 is 2.50 bits per heavy atom. The van der Waals surface area contributed by atoms with Gasteiger partial charge in [-0.3, -0.25) is 9.59 Å². The van der Waals surface area contributed by atoms with Gasteiger partial charge in [-0.1, -0.05) is 18.2 Å². The molecular formula is C16H21F3N2O3. The number of rotatable bonds is 7. The fourth-order valence-electron chi connectivity index (χ4n) is 2.07. The Bertz CT molecular complexity index is 562. The van der Waals surface area contributed by atoms with Crippen LogP contribution in [-0.2, 0) is 16.0 Å². The van der Waals surface area contributed by atoms with Crippen LogP contribution in [-0.4, -0.2) is 35.7 Å². The van der Waals surface area contributed by atoms with E-state index in [4.69, 9.17) is 5.11 Å². The van der Waals surface area contributed by atoms with E-state index < -0.39 is 24.4 Å². The molecule has 1 atom stereocenters. The van der Waals surface area contributed by atoms with Crippen LogP contribution in [0.3, 0.4) is 0 Å². The fraction of sp³-hybridized carbons (Fsp3) is 0.500. The number of amides is 2. The van der Waals surface area contributed by atoms with E-state index in [0.29, 0.717) is 18.4 Å². The number of carbonyl (C=O) groups is 2. The van der Waals surface area contributed by atoms with Gasteiger partial charge in [-0.05, 0) is 37.8 Å². The highest BCUT2D eigenvalue weighted by molar-refractivity contribution is 6.39. The standard InChI is InChI=1S/C16H21F3N2O3/c1-11(5-4-10-22)20-14(23)15(24)21-13-7-3-2-6-12(13)8-9-16(17,18)19/h2-3,6-7,11,22H,4-5,8-10H2,1H3,(H,20,23)(H,21,24). The van der Waals surface area contributed by atoms with E-state index in [2.05, 4.69) is 10.6 Å². The molecule has 5 nitrogen and oxygen atoms in total. The first-order chi connectivity index (χ1) is 11.2. The molecule has 2 amide bonds. The van der Waals surface area contributed by atoms with E-state index in [-0.39, 0.29) is 24.8 Å². The summed E-state index contributed by atoms with van der Waals surface area (Å²) < 4.78 is 37.0. The minimum Gasteiger partial charge on any atom is -0.396 e. The molecule has 1 aromatic rings. The van der Waals surface area contributed by atoms with Gasteiger partial charge in [0, 0.05) is 24.8 Å². The third kappa shape index (κ3) is 7.45. The first-order valence-corrected chi connectivity index (χ1v) is 7.60. The lowest BCUT2D eigenvalue weighted by molar-refractivity contribution is -0.136. The molecule has 0 aromatic heterocycles. The molecule has 0 heterocycles. The predicted molar refractivity (Wildman–Crippen MR) is 83.4 cm³/mol. The second-order valence-corrected chi connectivity index (χ2v) is 5.47. The number of aliphatic hydroxyl groups excluding tert-OH is 1. The topological polar surface area (TPSA) is 78.4 Å². The van der Waals surface area contributed by atoms with Crippen LogP contribution in [0.2, 0.25) is 0 Å². The molecule has 3 N–H and O–H groups in total. The van der Waals surface area contributed by atoms with Crippen LogP contribution in [0.5, 0.6) is 0 Å². The summed E-state index contributed by atoms with van der Waals surface area (Å²) in [5.74, 6) is -1.81. The van der Waals surface area contributed by atoms with E-state index in [1.165, 1.54) is 12.1 Å². The number of aliphatic hydroxyl groups is 1. The molecule has 1 rings (SSSR count). The first-order valence-electron chi connectivity index (χ1n) is 7.60. The second kappa shape index (κ2) is 9.27. The Morgan fingerprint density at radius 1 is 1.21 bits per heavy atom. The number of hydrogen-bond acceptors (Lipinski definition) is 3. The van der Waals surface area contributed by atoms with E-state index in [0.717, 1.165) is 0 Å². The van der Waals surface area contributed by atoms with Gasteiger partial charge in [-0.2, -0.15) is 13.2 Å². The summed E-state index contributed by atoms with van der Waals surface area (Å²) in [4.78, 5) is 23.7. The minimum absolute atomic E-state index is 0.0149. The average molecular weight is 346 g/mol. The number of anilines is 1. The van der Waals surface area contributed by atoms with Gasteiger partial charge < -0.3 is 15.7 Å². The van der Waals surface area contributed by atoms with Crippen molar-refractivity contribution in [3.05, 3.63) is 29.8 Å². The van der Waals surface area contributed by atoms with E-state index in [1.807, 2.05) is 0 Å². The molecule has 0 spiro atoms. The number of para-hydroxylation sites is 1. The van der Waals surface area contributed by atoms with Crippen molar-refractivity contribution < 1.29 is 27.9 Å². The van der Waals surface area contributed by atoms with Gasteiger partial charge in [0.05, 0.1) is 0 Å². The molecule has 0 saturated heterocycles. The Hall–Kier alpha value is -2.09. The van der Waals surface area contributed by atoms with Crippen molar-refractivity contribution in [1.29, 1.82) is 0 Å². The smallest absolute Gasteiger partial charge is 0.389 e. The van der Waals surface area contributed by atoms with Crippen molar-refractivity contribution in [3.63, 3.8) is 0 Å². The zero-order valence-corrected chi connectivity index (χ0v) is 13.3. The normalized spacial score (nSPS) is 12.5. The van der Waals surface area contributed by atoms with E-state index >= 15 is 0 Å². The zero-order valence-electron chi connectivity index (χ0n) is 13.3. The van der Waals surface area contributed by atoms with Gasteiger partial charge >= 0.3 is 18.0 Å². The van der Waals surface area contributed by atoms with Crippen LogP contribution in [0.1, 0.15) is 31.7 Å². The van der Waals surface area contributed by atoms with Crippen molar-refractivity contribution in [2.24, 2.45) is 0 Å². The highest BCUT2D eigenvalue weighted by atomic mass is 19.4. The van der Waals surface area contributed by atoms with Crippen molar-refractivity contribution in [2.75, 3.05) is 11.9 Å². The quantitative estimate of drug-likeness (QED) is 0.664. The van der Waals surface area contributed by atoms with Gasteiger partial charge in [-0.15, -0.1) is 0 Å². The maximum absolute atomic E-state index is 12.3. The lowest BCUT2D eigenvalue weighted by Crippen LogP contribution is -2.40. The van der Waals surface area contributed by atoms with Crippen LogP contribution in [0, 0.1) is 0 Å². The molecule has 0 aliphatic rings. The summed E-state index contributed by atoms with van der Waals surface area (Å²) in [6.07, 6.45) is -4.59. The van der Waals surface area contributed by atoms with Gasteiger partial charge in [-0.25, -0.2) is 0 Å². The largest absolute Gasteiger partial charge is 0.396 e. The summed E-state index contributed by atoms with van der Waals surface area (Å²) in [7, 11) is 0. The highest BCUT2D eigenvalue weighted by Gasteiger charge is 2.27. The number of benzene rings is 1. The lowest BCUT2D eigenvalue weighted by atomic mass is 10.1. The minimum atomic E-state index is -4.30. The van der Waals surface area contributed by atoms with E-state index in [1.54, 1.807) is 19.1 Å². The summed E-state index contributed by atoms with van der Waals surface area (Å²) in [6.45, 7) is 1.68. The summed E-state index contributed by atoms with van der Waals surface area (Å²) in [5, 5.41) is 13.5. The van der Waals surface area contributed by atoms with Crippen molar-refractivity contribution in [2.45, 2.75) is 44.8 Å². The van der Waals surface area contributed by atoms with Crippen LogP contribution < -0.4 is 10.6 Å². The van der Waals surface area contributed by atoms with Crippen molar-refractivity contribution >= 4 is 17.5 Å². The maximum atomic E-state index is 12.3. The Kier molecular flexibility index (Phi) is 7.70. The van der Waals surface area contributed by atoms with Gasteiger partial charge in [0.1, 0.15) is 0 Å². The molecule has 134 valence electrons. The predicted octanol–water partition coefficient (Wildman–Crippen LogP) is 2.40. The van der Waals surface area contributed by atoms with Crippen LogP contribution in [0.25, 0.3) is 0 Å². The molecule has 1 unspecified atom stereocenters. The lowest BCUT2D eigenvalue weighted by Gasteiger charge is -2.14. The molecule has 24 heavy (non-hydrogen) atoms. The monoisotopic (exact) mass is 346 g/mol. The van der Waals surface area contributed by atoms with E-state index in [9.17, 15) is 22.8 Å². The van der Waals surface area contributed by atoms with Crippen LogP contribution in [0.15, 0.2) is 24.3 Å². The molecule has 0 saturated carbocycles. The third-order valence-corrected chi connectivity index (χ3v) is 3.32. The molecule has 0 fully saturated rings. The van der Waals surface area contributed by atoms with Crippen LogP contribution in [0.4, 0.5) is 18.9 Å². The molecule has 0 bridgehead atoms. The Labute approximate surface area is 138 Å². The molecule has 8 heteroatoms. The first kappa shape index (κ1) is 20.0.